The fourth-order valence-corrected chi connectivity index (χ4v) is 3.77. The van der Waals surface area contributed by atoms with E-state index < -0.39 is 6.04 Å². The molecular formula is C28H32ClN3O3. The van der Waals surface area contributed by atoms with E-state index in [2.05, 4.69) is 22.8 Å². The normalized spacial score (nSPS) is 12.1. The Morgan fingerprint density at radius 1 is 1.06 bits per heavy atom. The number of fused-ring (bicyclic) bond motifs is 1. The maximum absolute atomic E-state index is 13.0. The van der Waals surface area contributed by atoms with Crippen LogP contribution in [-0.4, -0.2) is 30.7 Å². The number of hydrazone groups is 1. The van der Waals surface area contributed by atoms with Crippen LogP contribution in [0.1, 0.15) is 56.0 Å². The second-order valence-electron chi connectivity index (χ2n) is 8.80. The number of hydrogen-bond donors (Lipinski definition) is 2. The number of rotatable bonds is 11. The van der Waals surface area contributed by atoms with E-state index in [1.807, 2.05) is 50.2 Å². The van der Waals surface area contributed by atoms with Crippen molar-refractivity contribution in [3.63, 3.8) is 0 Å². The van der Waals surface area contributed by atoms with E-state index in [4.69, 9.17) is 16.3 Å². The summed E-state index contributed by atoms with van der Waals surface area (Å²) in [5, 5.41) is 9.62. The molecule has 3 rings (SSSR count). The van der Waals surface area contributed by atoms with E-state index in [1.54, 1.807) is 30.5 Å². The minimum atomic E-state index is -0.733. The summed E-state index contributed by atoms with van der Waals surface area (Å²) < 4.78 is 5.98. The number of nitrogens with one attached hydrogen (secondary N) is 2. The highest BCUT2D eigenvalue weighted by Crippen LogP contribution is 2.27. The Labute approximate surface area is 211 Å². The van der Waals surface area contributed by atoms with Crippen molar-refractivity contribution >= 4 is 40.4 Å². The summed E-state index contributed by atoms with van der Waals surface area (Å²) >= 11 is 5.91. The SMILES string of the molecule is CCCCOc1ccc2ccccc2c1/C=N/NC(=O)C(CC(C)C)NC(=O)c1ccc(Cl)cc1. The van der Waals surface area contributed by atoms with Crippen molar-refractivity contribution in [1.29, 1.82) is 0 Å². The zero-order chi connectivity index (χ0) is 25.2. The third-order valence-corrected chi connectivity index (χ3v) is 5.74. The van der Waals surface area contributed by atoms with Crippen molar-refractivity contribution in [3.8, 4) is 5.75 Å². The van der Waals surface area contributed by atoms with Gasteiger partial charge in [0, 0.05) is 16.1 Å². The lowest BCUT2D eigenvalue weighted by atomic mass is 10.0. The summed E-state index contributed by atoms with van der Waals surface area (Å²) in [4.78, 5) is 25.6. The zero-order valence-electron chi connectivity index (χ0n) is 20.4. The van der Waals surface area contributed by atoms with Crippen molar-refractivity contribution in [1.82, 2.24) is 10.7 Å². The summed E-state index contributed by atoms with van der Waals surface area (Å²) in [6.45, 7) is 6.71. The monoisotopic (exact) mass is 493 g/mol. The van der Waals surface area contributed by atoms with Gasteiger partial charge in [-0.1, -0.05) is 69.1 Å². The van der Waals surface area contributed by atoms with E-state index in [-0.39, 0.29) is 17.7 Å². The van der Waals surface area contributed by atoms with Crippen molar-refractivity contribution in [2.45, 2.75) is 46.1 Å². The van der Waals surface area contributed by atoms with Gasteiger partial charge in [0.2, 0.25) is 0 Å². The first kappa shape index (κ1) is 26.2. The van der Waals surface area contributed by atoms with Gasteiger partial charge in [0.15, 0.2) is 0 Å². The maximum Gasteiger partial charge on any atom is 0.262 e. The van der Waals surface area contributed by atoms with Crippen LogP contribution < -0.4 is 15.5 Å². The topological polar surface area (TPSA) is 79.8 Å². The lowest BCUT2D eigenvalue weighted by Crippen LogP contribution is -2.46. The van der Waals surface area contributed by atoms with Gasteiger partial charge in [-0.2, -0.15) is 5.10 Å². The molecule has 2 amide bonds. The fourth-order valence-electron chi connectivity index (χ4n) is 3.65. The van der Waals surface area contributed by atoms with Crippen molar-refractivity contribution in [2.24, 2.45) is 11.0 Å². The molecule has 3 aromatic rings. The summed E-state index contributed by atoms with van der Waals surface area (Å²) in [6, 6.07) is 17.7. The van der Waals surface area contributed by atoms with Gasteiger partial charge in [0.25, 0.3) is 11.8 Å². The van der Waals surface area contributed by atoms with Crippen LogP contribution in [0.4, 0.5) is 0 Å². The molecule has 0 aliphatic rings. The van der Waals surface area contributed by atoms with Crippen LogP contribution in [0, 0.1) is 5.92 Å². The molecule has 35 heavy (non-hydrogen) atoms. The summed E-state index contributed by atoms with van der Waals surface area (Å²) in [5.41, 5.74) is 3.83. The predicted molar refractivity (Wildman–Crippen MR) is 142 cm³/mol. The molecule has 0 fully saturated rings. The van der Waals surface area contributed by atoms with Gasteiger partial charge in [-0.25, -0.2) is 5.43 Å². The molecule has 0 bridgehead atoms. The average molecular weight is 494 g/mol. The van der Waals surface area contributed by atoms with E-state index in [1.165, 1.54) is 0 Å². The number of carbonyl (C=O) groups is 2. The number of nitrogens with zero attached hydrogens (tertiary/aromatic N) is 1. The van der Waals surface area contributed by atoms with Crippen molar-refractivity contribution in [2.75, 3.05) is 6.61 Å². The average Bonchev–Trinajstić information content (AvgIpc) is 2.84. The summed E-state index contributed by atoms with van der Waals surface area (Å²) in [5.74, 6) is 0.180. The molecule has 0 aliphatic heterocycles. The highest BCUT2D eigenvalue weighted by Gasteiger charge is 2.22. The van der Waals surface area contributed by atoms with E-state index in [9.17, 15) is 9.59 Å². The van der Waals surface area contributed by atoms with Crippen LogP contribution in [0.2, 0.25) is 5.02 Å². The first-order valence-electron chi connectivity index (χ1n) is 11.9. The maximum atomic E-state index is 13.0. The van der Waals surface area contributed by atoms with Crippen molar-refractivity contribution < 1.29 is 14.3 Å². The number of unbranched alkanes of at least 4 members (excludes halogenated alkanes) is 1. The number of carbonyl (C=O) groups excluding carboxylic acids is 2. The molecule has 0 radical (unpaired) electrons. The standard InChI is InChI=1S/C28H32ClN3O3/c1-4-5-16-35-26-15-12-20-8-6-7-9-23(20)24(26)18-30-32-28(34)25(17-19(2)3)31-27(33)21-10-13-22(29)14-11-21/h6-15,18-19,25H,4-5,16-17H2,1-3H3,(H,31,33)(H,32,34)/b30-18+. The molecule has 7 heteroatoms. The van der Waals surface area contributed by atoms with Crippen LogP contribution in [0.5, 0.6) is 5.75 Å². The number of ether oxygens (including phenoxy) is 1. The Morgan fingerprint density at radius 3 is 2.51 bits per heavy atom. The second kappa shape index (κ2) is 12.9. The third-order valence-electron chi connectivity index (χ3n) is 5.49. The number of hydrogen-bond acceptors (Lipinski definition) is 4. The molecule has 0 aliphatic carbocycles. The minimum Gasteiger partial charge on any atom is -0.493 e. The molecule has 2 N–H and O–H groups in total. The molecule has 1 atom stereocenters. The van der Waals surface area contributed by atoms with Gasteiger partial charge in [-0.05, 0) is 59.9 Å². The first-order chi connectivity index (χ1) is 16.9. The Bertz CT molecular complexity index is 1180. The van der Waals surface area contributed by atoms with E-state index in [0.717, 1.165) is 29.2 Å². The van der Waals surface area contributed by atoms with Gasteiger partial charge in [0.05, 0.1) is 12.8 Å². The van der Waals surface area contributed by atoms with Gasteiger partial charge in [-0.15, -0.1) is 0 Å². The molecule has 0 heterocycles. The quantitative estimate of drug-likeness (QED) is 0.196. The Kier molecular flexibility index (Phi) is 9.67. The summed E-state index contributed by atoms with van der Waals surface area (Å²) in [6.07, 6.45) is 4.06. The van der Waals surface area contributed by atoms with Gasteiger partial charge >= 0.3 is 0 Å². The Morgan fingerprint density at radius 2 is 1.80 bits per heavy atom. The number of amides is 2. The fraction of sp³-hybridized carbons (Fsp3) is 0.321. The van der Waals surface area contributed by atoms with Crippen LogP contribution in [0.15, 0.2) is 65.8 Å². The number of halogens is 1. The Balaban J connectivity index is 1.76. The highest BCUT2D eigenvalue weighted by molar-refractivity contribution is 6.30. The van der Waals surface area contributed by atoms with Crippen molar-refractivity contribution in [3.05, 3.63) is 76.8 Å². The summed E-state index contributed by atoms with van der Waals surface area (Å²) in [7, 11) is 0. The molecule has 0 aromatic heterocycles. The molecule has 6 nitrogen and oxygen atoms in total. The number of benzene rings is 3. The smallest absolute Gasteiger partial charge is 0.262 e. The van der Waals surface area contributed by atoms with Crippen LogP contribution in [-0.2, 0) is 4.79 Å². The third kappa shape index (κ3) is 7.55. The van der Waals surface area contributed by atoms with E-state index in [0.29, 0.717) is 29.4 Å². The minimum absolute atomic E-state index is 0.192. The van der Waals surface area contributed by atoms with Crippen LogP contribution in [0.25, 0.3) is 10.8 Å². The molecular weight excluding hydrogens is 462 g/mol. The van der Waals surface area contributed by atoms with E-state index >= 15 is 0 Å². The van der Waals surface area contributed by atoms with Gasteiger partial charge < -0.3 is 10.1 Å². The molecule has 0 saturated heterocycles. The first-order valence-corrected chi connectivity index (χ1v) is 12.3. The Hall–Kier alpha value is -3.38. The lowest BCUT2D eigenvalue weighted by molar-refractivity contribution is -0.123. The van der Waals surface area contributed by atoms with Crippen LogP contribution in [0.3, 0.4) is 0 Å². The molecule has 0 saturated carbocycles. The predicted octanol–water partition coefficient (Wildman–Crippen LogP) is 5.97. The highest BCUT2D eigenvalue weighted by atomic mass is 35.5. The second-order valence-corrected chi connectivity index (χ2v) is 9.23. The molecule has 3 aromatic carbocycles. The molecule has 0 spiro atoms. The zero-order valence-corrected chi connectivity index (χ0v) is 21.1. The van der Waals surface area contributed by atoms with Crippen LogP contribution >= 0.6 is 11.6 Å². The molecule has 184 valence electrons. The lowest BCUT2D eigenvalue weighted by Gasteiger charge is -2.19. The largest absolute Gasteiger partial charge is 0.493 e. The van der Waals surface area contributed by atoms with Gasteiger partial charge in [-0.3, -0.25) is 9.59 Å². The molecule has 1 unspecified atom stereocenters. The van der Waals surface area contributed by atoms with Gasteiger partial charge in [0.1, 0.15) is 11.8 Å².